The van der Waals surface area contributed by atoms with E-state index in [9.17, 15) is 5.11 Å². The number of benzene rings is 2. The molecule has 4 heteroatoms. The predicted octanol–water partition coefficient (Wildman–Crippen LogP) is 2.35. The van der Waals surface area contributed by atoms with E-state index in [0.29, 0.717) is 23.7 Å². The van der Waals surface area contributed by atoms with Gasteiger partial charge in [-0.1, -0.05) is 24.3 Å². The molecule has 0 aliphatic heterocycles. The van der Waals surface area contributed by atoms with Crippen LogP contribution in [-0.2, 0) is 13.2 Å². The lowest BCUT2D eigenvalue weighted by atomic mass is 10.2. The summed E-state index contributed by atoms with van der Waals surface area (Å²) in [4.78, 5) is 0. The molecule has 0 bridgehead atoms. The zero-order valence-corrected chi connectivity index (χ0v) is 10.8. The van der Waals surface area contributed by atoms with Crippen molar-refractivity contribution in [3.63, 3.8) is 0 Å². The number of nitrogen functional groups attached to an aromatic ring is 1. The second-order valence-electron chi connectivity index (χ2n) is 4.14. The van der Waals surface area contributed by atoms with Crippen LogP contribution in [0.5, 0.6) is 11.5 Å². The van der Waals surface area contributed by atoms with Gasteiger partial charge in [0.15, 0.2) is 11.5 Å². The Hall–Kier alpha value is -2.20. The van der Waals surface area contributed by atoms with E-state index in [0.717, 1.165) is 11.3 Å². The zero-order chi connectivity index (χ0) is 13.7. The molecule has 0 radical (unpaired) electrons. The van der Waals surface area contributed by atoms with Gasteiger partial charge in [0, 0.05) is 11.3 Å². The Kier molecular flexibility index (Phi) is 4.26. The van der Waals surface area contributed by atoms with Gasteiger partial charge in [0.1, 0.15) is 6.61 Å². The molecule has 0 aromatic heterocycles. The molecular weight excluding hydrogens is 242 g/mol. The molecule has 0 aliphatic carbocycles. The SMILES string of the molecule is COc1cccc(CO)c1OCc1ccc(N)cc1. The third kappa shape index (κ3) is 3.17. The fourth-order valence-corrected chi connectivity index (χ4v) is 1.78. The molecule has 0 fully saturated rings. The van der Waals surface area contributed by atoms with Crippen molar-refractivity contribution in [2.45, 2.75) is 13.2 Å². The van der Waals surface area contributed by atoms with E-state index in [1.54, 1.807) is 19.2 Å². The normalized spacial score (nSPS) is 10.2. The summed E-state index contributed by atoms with van der Waals surface area (Å²) >= 11 is 0. The van der Waals surface area contributed by atoms with Gasteiger partial charge in [-0.25, -0.2) is 0 Å². The van der Waals surface area contributed by atoms with Gasteiger partial charge in [0.2, 0.25) is 0 Å². The highest BCUT2D eigenvalue weighted by atomic mass is 16.5. The van der Waals surface area contributed by atoms with Gasteiger partial charge in [-0.15, -0.1) is 0 Å². The lowest BCUT2D eigenvalue weighted by molar-refractivity contribution is 0.250. The van der Waals surface area contributed by atoms with Crippen molar-refractivity contribution in [1.29, 1.82) is 0 Å². The number of aliphatic hydroxyl groups excluding tert-OH is 1. The Morgan fingerprint density at radius 3 is 2.47 bits per heavy atom. The molecule has 2 aromatic carbocycles. The van der Waals surface area contributed by atoms with Gasteiger partial charge >= 0.3 is 0 Å². The fourth-order valence-electron chi connectivity index (χ4n) is 1.78. The van der Waals surface area contributed by atoms with Crippen LogP contribution in [0.15, 0.2) is 42.5 Å². The first kappa shape index (κ1) is 13.2. The van der Waals surface area contributed by atoms with Crippen LogP contribution in [0.3, 0.4) is 0 Å². The minimum atomic E-state index is -0.0890. The minimum absolute atomic E-state index is 0.0890. The molecule has 0 unspecified atom stereocenters. The van der Waals surface area contributed by atoms with Crippen LogP contribution in [0.4, 0.5) is 5.69 Å². The van der Waals surface area contributed by atoms with Gasteiger partial charge < -0.3 is 20.3 Å². The lowest BCUT2D eigenvalue weighted by Crippen LogP contribution is -2.01. The first-order valence-electron chi connectivity index (χ1n) is 5.98. The monoisotopic (exact) mass is 259 g/mol. The largest absolute Gasteiger partial charge is 0.493 e. The summed E-state index contributed by atoms with van der Waals surface area (Å²) in [5.74, 6) is 1.19. The number of methoxy groups -OCH3 is 1. The van der Waals surface area contributed by atoms with Crippen molar-refractivity contribution in [2.24, 2.45) is 0 Å². The highest BCUT2D eigenvalue weighted by Crippen LogP contribution is 2.31. The molecule has 2 aromatic rings. The number of aliphatic hydroxyl groups is 1. The van der Waals surface area contributed by atoms with E-state index >= 15 is 0 Å². The first-order chi connectivity index (χ1) is 9.24. The van der Waals surface area contributed by atoms with Crippen LogP contribution in [0.1, 0.15) is 11.1 Å². The molecule has 0 aliphatic rings. The van der Waals surface area contributed by atoms with Crippen molar-refractivity contribution < 1.29 is 14.6 Å². The van der Waals surface area contributed by atoms with Crippen LogP contribution in [0, 0.1) is 0 Å². The standard InChI is InChI=1S/C15H17NO3/c1-18-14-4-2-3-12(9-17)15(14)19-10-11-5-7-13(16)8-6-11/h2-8,17H,9-10,16H2,1H3. The molecule has 0 saturated heterocycles. The summed E-state index contributed by atoms with van der Waals surface area (Å²) in [6.45, 7) is 0.307. The second kappa shape index (κ2) is 6.11. The minimum Gasteiger partial charge on any atom is -0.493 e. The lowest BCUT2D eigenvalue weighted by Gasteiger charge is -2.14. The molecule has 3 N–H and O–H groups in total. The third-order valence-corrected chi connectivity index (χ3v) is 2.81. The number of nitrogens with two attached hydrogens (primary N) is 1. The van der Waals surface area contributed by atoms with Gasteiger partial charge in [-0.05, 0) is 23.8 Å². The molecular formula is C15H17NO3. The molecule has 100 valence electrons. The van der Waals surface area contributed by atoms with Crippen LogP contribution in [0.2, 0.25) is 0 Å². The summed E-state index contributed by atoms with van der Waals surface area (Å²) in [6.07, 6.45) is 0. The highest BCUT2D eigenvalue weighted by Gasteiger charge is 2.09. The molecule has 0 spiro atoms. The van der Waals surface area contributed by atoms with Crippen LogP contribution in [0.25, 0.3) is 0 Å². The number of hydrogen-bond donors (Lipinski definition) is 2. The van der Waals surface area contributed by atoms with Crippen molar-refractivity contribution >= 4 is 5.69 Å². The molecule has 0 atom stereocenters. The maximum Gasteiger partial charge on any atom is 0.167 e. The topological polar surface area (TPSA) is 64.7 Å². The van der Waals surface area contributed by atoms with E-state index in [1.165, 1.54) is 0 Å². The number of anilines is 1. The van der Waals surface area contributed by atoms with E-state index in [1.807, 2.05) is 30.3 Å². The fraction of sp³-hybridized carbons (Fsp3) is 0.200. The number of para-hydroxylation sites is 1. The summed E-state index contributed by atoms with van der Waals surface area (Å²) in [5, 5.41) is 9.32. The Balaban J connectivity index is 2.16. The maximum absolute atomic E-state index is 9.32. The number of hydrogen-bond acceptors (Lipinski definition) is 4. The number of rotatable bonds is 5. The smallest absolute Gasteiger partial charge is 0.167 e. The maximum atomic E-state index is 9.32. The van der Waals surface area contributed by atoms with E-state index in [2.05, 4.69) is 0 Å². The second-order valence-corrected chi connectivity index (χ2v) is 4.14. The Morgan fingerprint density at radius 2 is 1.84 bits per heavy atom. The molecule has 4 nitrogen and oxygen atoms in total. The van der Waals surface area contributed by atoms with Gasteiger partial charge in [-0.3, -0.25) is 0 Å². The Bertz CT molecular complexity index is 515. The van der Waals surface area contributed by atoms with Crippen LogP contribution < -0.4 is 15.2 Å². The first-order valence-corrected chi connectivity index (χ1v) is 5.98. The van der Waals surface area contributed by atoms with Gasteiger partial charge in [-0.2, -0.15) is 0 Å². The van der Waals surface area contributed by atoms with Gasteiger partial charge in [0.25, 0.3) is 0 Å². The molecule has 0 amide bonds. The number of ether oxygens (including phenoxy) is 2. The molecule has 2 rings (SSSR count). The predicted molar refractivity (Wildman–Crippen MR) is 74.1 cm³/mol. The summed E-state index contributed by atoms with van der Waals surface area (Å²) in [6, 6.07) is 12.9. The van der Waals surface area contributed by atoms with E-state index in [4.69, 9.17) is 15.2 Å². The van der Waals surface area contributed by atoms with E-state index in [-0.39, 0.29) is 6.61 Å². The summed E-state index contributed by atoms with van der Waals surface area (Å²) in [7, 11) is 1.58. The Morgan fingerprint density at radius 1 is 1.11 bits per heavy atom. The van der Waals surface area contributed by atoms with Crippen molar-refractivity contribution in [3.05, 3.63) is 53.6 Å². The zero-order valence-electron chi connectivity index (χ0n) is 10.8. The summed E-state index contributed by atoms with van der Waals surface area (Å²) in [5.41, 5.74) is 8.06. The highest BCUT2D eigenvalue weighted by molar-refractivity contribution is 5.46. The van der Waals surface area contributed by atoms with Crippen molar-refractivity contribution in [1.82, 2.24) is 0 Å². The Labute approximate surface area is 112 Å². The summed E-state index contributed by atoms with van der Waals surface area (Å²) < 4.78 is 11.0. The third-order valence-electron chi connectivity index (χ3n) is 2.81. The average molecular weight is 259 g/mol. The van der Waals surface area contributed by atoms with Crippen molar-refractivity contribution in [2.75, 3.05) is 12.8 Å². The molecule has 0 heterocycles. The van der Waals surface area contributed by atoms with Crippen LogP contribution in [-0.4, -0.2) is 12.2 Å². The van der Waals surface area contributed by atoms with Crippen molar-refractivity contribution in [3.8, 4) is 11.5 Å². The average Bonchev–Trinajstić information content (AvgIpc) is 2.46. The quantitative estimate of drug-likeness (QED) is 0.809. The molecule has 0 saturated carbocycles. The van der Waals surface area contributed by atoms with Crippen LogP contribution >= 0.6 is 0 Å². The molecule has 19 heavy (non-hydrogen) atoms. The van der Waals surface area contributed by atoms with Gasteiger partial charge in [0.05, 0.1) is 13.7 Å². The van der Waals surface area contributed by atoms with E-state index < -0.39 is 0 Å².